The van der Waals surface area contributed by atoms with Gasteiger partial charge in [-0.05, 0) is 26.8 Å². The van der Waals surface area contributed by atoms with Crippen LogP contribution in [0.15, 0.2) is 35.6 Å². The molecule has 0 aliphatic rings. The number of thioether (sulfide) groups is 1. The number of benzene rings is 1. The predicted molar refractivity (Wildman–Crippen MR) is 105 cm³/mol. The van der Waals surface area contributed by atoms with Crippen LogP contribution in [0.1, 0.15) is 22.4 Å². The number of hydrogen-bond donors (Lipinski definition) is 1. The first kappa shape index (κ1) is 18.6. The van der Waals surface area contributed by atoms with E-state index < -0.39 is 0 Å². The van der Waals surface area contributed by atoms with Crippen molar-refractivity contribution >= 4 is 29.0 Å². The summed E-state index contributed by atoms with van der Waals surface area (Å²) in [5, 5.41) is 13.3. The molecule has 0 radical (unpaired) electrons. The average Bonchev–Trinajstić information content (AvgIpc) is 3.23. The number of aromatic nitrogens is 4. The Morgan fingerprint density at radius 1 is 1.31 bits per heavy atom. The minimum atomic E-state index is -0.0242. The highest BCUT2D eigenvalue weighted by atomic mass is 32.2. The summed E-state index contributed by atoms with van der Waals surface area (Å²) in [5.41, 5.74) is 2.22. The first-order valence-electron chi connectivity index (χ1n) is 8.38. The largest absolute Gasteiger partial charge is 0.350 e. The maximum absolute atomic E-state index is 12.1. The summed E-state index contributed by atoms with van der Waals surface area (Å²) in [4.78, 5) is 17.4. The van der Waals surface area contributed by atoms with Crippen molar-refractivity contribution in [3.63, 3.8) is 0 Å². The van der Waals surface area contributed by atoms with Gasteiger partial charge in [0.15, 0.2) is 11.0 Å². The second kappa shape index (κ2) is 8.46. The van der Waals surface area contributed by atoms with Crippen LogP contribution in [0.2, 0.25) is 0 Å². The summed E-state index contributed by atoms with van der Waals surface area (Å²) < 4.78 is 2.04. The first-order chi connectivity index (χ1) is 12.6. The Morgan fingerprint density at radius 3 is 2.85 bits per heavy atom. The van der Waals surface area contributed by atoms with E-state index >= 15 is 0 Å². The normalized spacial score (nSPS) is 10.9. The van der Waals surface area contributed by atoms with Crippen LogP contribution in [0.4, 0.5) is 0 Å². The van der Waals surface area contributed by atoms with Crippen molar-refractivity contribution in [2.45, 2.75) is 39.0 Å². The lowest BCUT2D eigenvalue weighted by Gasteiger charge is -2.08. The molecule has 0 aliphatic carbocycles. The minimum absolute atomic E-state index is 0.0242. The van der Waals surface area contributed by atoms with E-state index in [1.54, 1.807) is 17.5 Å². The van der Waals surface area contributed by atoms with Crippen molar-refractivity contribution in [1.29, 1.82) is 0 Å². The van der Waals surface area contributed by atoms with Gasteiger partial charge < -0.3 is 9.88 Å². The Hall–Kier alpha value is -2.19. The molecule has 0 atom stereocenters. The van der Waals surface area contributed by atoms with Crippen molar-refractivity contribution in [2.24, 2.45) is 0 Å². The average molecular weight is 388 g/mol. The standard InChI is InChI=1S/C18H21N5OS2/c1-4-23-17(14-7-5-6-12(2)8-14)21-22-18(23)25-11-16(24)20-10-15-9-19-13(3)26-15/h5-9H,4,10-11H2,1-3H3,(H,20,24). The molecule has 26 heavy (non-hydrogen) atoms. The van der Waals surface area contributed by atoms with Crippen molar-refractivity contribution in [2.75, 3.05) is 5.75 Å². The van der Waals surface area contributed by atoms with E-state index in [-0.39, 0.29) is 5.91 Å². The second-order valence-corrected chi connectivity index (χ2v) is 8.09. The zero-order valence-corrected chi connectivity index (χ0v) is 16.7. The summed E-state index contributed by atoms with van der Waals surface area (Å²) in [6, 6.07) is 8.19. The van der Waals surface area contributed by atoms with E-state index in [0.717, 1.165) is 33.0 Å². The number of rotatable bonds is 7. The van der Waals surface area contributed by atoms with Gasteiger partial charge in [-0.25, -0.2) is 4.98 Å². The quantitative estimate of drug-likeness (QED) is 0.629. The molecule has 8 heteroatoms. The van der Waals surface area contributed by atoms with Crippen LogP contribution in [0.25, 0.3) is 11.4 Å². The zero-order chi connectivity index (χ0) is 18.5. The molecule has 0 unspecified atom stereocenters. The van der Waals surface area contributed by atoms with Gasteiger partial charge in [0.1, 0.15) is 0 Å². The third-order valence-electron chi connectivity index (χ3n) is 3.77. The van der Waals surface area contributed by atoms with Gasteiger partial charge in [-0.15, -0.1) is 21.5 Å². The molecular formula is C18H21N5OS2. The van der Waals surface area contributed by atoms with E-state index in [4.69, 9.17) is 0 Å². The number of aryl methyl sites for hydroxylation is 2. The molecule has 0 saturated carbocycles. The molecular weight excluding hydrogens is 366 g/mol. The SMILES string of the molecule is CCn1c(SCC(=O)NCc2cnc(C)s2)nnc1-c1cccc(C)c1. The lowest BCUT2D eigenvalue weighted by molar-refractivity contribution is -0.118. The van der Waals surface area contributed by atoms with Crippen LogP contribution >= 0.6 is 23.1 Å². The molecule has 0 fully saturated rings. The summed E-state index contributed by atoms with van der Waals surface area (Å²) in [6.07, 6.45) is 1.80. The van der Waals surface area contributed by atoms with E-state index in [1.165, 1.54) is 17.3 Å². The highest BCUT2D eigenvalue weighted by molar-refractivity contribution is 7.99. The second-order valence-electron chi connectivity index (χ2n) is 5.83. The molecule has 6 nitrogen and oxygen atoms in total. The third kappa shape index (κ3) is 4.50. The van der Waals surface area contributed by atoms with E-state index in [1.807, 2.05) is 23.6 Å². The van der Waals surface area contributed by atoms with Crippen LogP contribution in [-0.2, 0) is 17.9 Å². The van der Waals surface area contributed by atoms with E-state index in [9.17, 15) is 4.79 Å². The Balaban J connectivity index is 1.62. The maximum atomic E-state index is 12.1. The molecule has 0 bridgehead atoms. The molecule has 1 N–H and O–H groups in total. The first-order valence-corrected chi connectivity index (χ1v) is 10.2. The molecule has 1 aromatic carbocycles. The fourth-order valence-electron chi connectivity index (χ4n) is 2.53. The van der Waals surface area contributed by atoms with Gasteiger partial charge in [0.05, 0.1) is 17.3 Å². The monoisotopic (exact) mass is 387 g/mol. The molecule has 1 amide bonds. The summed E-state index contributed by atoms with van der Waals surface area (Å²) in [6.45, 7) is 7.33. The van der Waals surface area contributed by atoms with Crippen LogP contribution in [-0.4, -0.2) is 31.4 Å². The van der Waals surface area contributed by atoms with Gasteiger partial charge in [0.2, 0.25) is 5.91 Å². The molecule has 0 spiro atoms. The highest BCUT2D eigenvalue weighted by Gasteiger charge is 2.14. The van der Waals surface area contributed by atoms with Crippen molar-refractivity contribution in [3.05, 3.63) is 45.9 Å². The van der Waals surface area contributed by atoms with Crippen LogP contribution < -0.4 is 5.32 Å². The number of amides is 1. The molecule has 0 saturated heterocycles. The third-order valence-corrected chi connectivity index (χ3v) is 5.65. The molecule has 3 aromatic rings. The summed E-state index contributed by atoms with van der Waals surface area (Å²) in [7, 11) is 0. The maximum Gasteiger partial charge on any atom is 0.230 e. The molecule has 3 rings (SSSR count). The zero-order valence-electron chi connectivity index (χ0n) is 15.0. The number of hydrogen-bond acceptors (Lipinski definition) is 6. The fraction of sp³-hybridized carbons (Fsp3) is 0.333. The lowest BCUT2D eigenvalue weighted by atomic mass is 10.1. The van der Waals surface area contributed by atoms with Gasteiger partial charge in [0.25, 0.3) is 0 Å². The fourth-order valence-corrected chi connectivity index (χ4v) is 4.10. The van der Waals surface area contributed by atoms with Crippen molar-refractivity contribution in [1.82, 2.24) is 25.1 Å². The minimum Gasteiger partial charge on any atom is -0.350 e. The Kier molecular flexibility index (Phi) is 6.05. The number of carbonyl (C=O) groups excluding carboxylic acids is 1. The summed E-state index contributed by atoms with van der Waals surface area (Å²) in [5.74, 6) is 1.12. The highest BCUT2D eigenvalue weighted by Crippen LogP contribution is 2.24. The van der Waals surface area contributed by atoms with E-state index in [2.05, 4.69) is 46.5 Å². The lowest BCUT2D eigenvalue weighted by Crippen LogP contribution is -2.24. The number of thiazole rings is 1. The molecule has 2 heterocycles. The van der Waals surface area contributed by atoms with Gasteiger partial charge >= 0.3 is 0 Å². The smallest absolute Gasteiger partial charge is 0.230 e. The van der Waals surface area contributed by atoms with Gasteiger partial charge in [0, 0.05) is 23.2 Å². The molecule has 0 aliphatic heterocycles. The topological polar surface area (TPSA) is 72.7 Å². The van der Waals surface area contributed by atoms with Gasteiger partial charge in [-0.1, -0.05) is 35.5 Å². The van der Waals surface area contributed by atoms with Gasteiger partial charge in [-0.3, -0.25) is 4.79 Å². The van der Waals surface area contributed by atoms with Crippen molar-refractivity contribution in [3.8, 4) is 11.4 Å². The van der Waals surface area contributed by atoms with E-state index in [0.29, 0.717) is 12.3 Å². The predicted octanol–water partition coefficient (Wildman–Crippen LogP) is 3.45. The Labute approximate surface area is 161 Å². The Bertz CT molecular complexity index is 903. The van der Waals surface area contributed by atoms with Crippen LogP contribution in [0, 0.1) is 13.8 Å². The molecule has 2 aromatic heterocycles. The summed E-state index contributed by atoms with van der Waals surface area (Å²) >= 11 is 3.00. The Morgan fingerprint density at radius 2 is 2.15 bits per heavy atom. The van der Waals surface area contributed by atoms with Crippen LogP contribution in [0.3, 0.4) is 0 Å². The number of nitrogens with zero attached hydrogens (tertiary/aromatic N) is 4. The van der Waals surface area contributed by atoms with Crippen LogP contribution in [0.5, 0.6) is 0 Å². The number of nitrogens with one attached hydrogen (secondary N) is 1. The number of carbonyl (C=O) groups is 1. The molecule has 136 valence electrons. The van der Waals surface area contributed by atoms with Gasteiger partial charge in [-0.2, -0.15) is 0 Å². The van der Waals surface area contributed by atoms with Crippen molar-refractivity contribution < 1.29 is 4.79 Å².